The van der Waals surface area contributed by atoms with Gasteiger partial charge in [-0.3, -0.25) is 4.79 Å². The fraction of sp³-hybridized carbons (Fsp3) is 0.533. The van der Waals surface area contributed by atoms with E-state index in [9.17, 15) is 22.0 Å². The van der Waals surface area contributed by atoms with Gasteiger partial charge >= 0.3 is 0 Å². The van der Waals surface area contributed by atoms with Gasteiger partial charge in [0.25, 0.3) is 0 Å². The number of amides is 1. The molecule has 1 N–H and O–H groups in total. The largest absolute Gasteiger partial charge is 0.355 e. The van der Waals surface area contributed by atoms with E-state index in [0.717, 1.165) is 12.3 Å². The van der Waals surface area contributed by atoms with E-state index in [1.807, 2.05) is 0 Å². The van der Waals surface area contributed by atoms with Crippen LogP contribution in [0, 0.1) is 17.6 Å². The molecule has 1 aliphatic heterocycles. The van der Waals surface area contributed by atoms with Gasteiger partial charge in [0.2, 0.25) is 15.9 Å². The number of nitrogens with zero attached hydrogens (tertiary/aromatic N) is 1. The second-order valence-corrected chi connectivity index (χ2v) is 7.76. The first kappa shape index (κ1) is 17.8. The molecule has 1 aliphatic rings. The van der Waals surface area contributed by atoms with Crippen LogP contribution in [-0.2, 0) is 21.2 Å². The van der Waals surface area contributed by atoms with Crippen LogP contribution in [0.15, 0.2) is 18.2 Å². The number of piperidine rings is 1. The first-order chi connectivity index (χ1) is 10.8. The summed E-state index contributed by atoms with van der Waals surface area (Å²) < 4.78 is 50.5. The average Bonchev–Trinajstić information content (AvgIpc) is 2.45. The number of rotatable bonds is 5. The Morgan fingerprint density at radius 3 is 2.57 bits per heavy atom. The average molecular weight is 346 g/mol. The van der Waals surface area contributed by atoms with Crippen molar-refractivity contribution in [3.8, 4) is 0 Å². The van der Waals surface area contributed by atoms with Crippen LogP contribution in [0.2, 0.25) is 0 Å². The van der Waals surface area contributed by atoms with Crippen LogP contribution in [0.5, 0.6) is 0 Å². The van der Waals surface area contributed by atoms with E-state index in [1.54, 1.807) is 0 Å². The number of carbonyl (C=O) groups is 1. The Balaban J connectivity index is 1.85. The molecular weight excluding hydrogens is 326 g/mol. The molecule has 1 aromatic carbocycles. The molecule has 1 atom stereocenters. The minimum atomic E-state index is -3.30. The van der Waals surface area contributed by atoms with Crippen LogP contribution in [-0.4, -0.2) is 44.5 Å². The van der Waals surface area contributed by atoms with Gasteiger partial charge in [-0.1, -0.05) is 0 Å². The van der Waals surface area contributed by atoms with Gasteiger partial charge in [-0.2, -0.15) is 0 Å². The lowest BCUT2D eigenvalue weighted by atomic mass is 9.99. The Kier molecular flexibility index (Phi) is 5.69. The zero-order valence-corrected chi connectivity index (χ0v) is 13.7. The molecule has 0 aliphatic carbocycles. The van der Waals surface area contributed by atoms with Crippen LogP contribution < -0.4 is 5.32 Å². The third-order valence-electron chi connectivity index (χ3n) is 3.86. The molecule has 0 spiro atoms. The van der Waals surface area contributed by atoms with Gasteiger partial charge in [0.1, 0.15) is 11.6 Å². The molecule has 0 saturated carbocycles. The molecule has 1 amide bonds. The highest BCUT2D eigenvalue weighted by Gasteiger charge is 2.29. The van der Waals surface area contributed by atoms with Gasteiger partial charge in [-0.25, -0.2) is 21.5 Å². The number of nitrogens with one attached hydrogen (secondary N) is 1. The maximum Gasteiger partial charge on any atom is 0.224 e. The maximum absolute atomic E-state index is 13.1. The van der Waals surface area contributed by atoms with Crippen LogP contribution in [0.1, 0.15) is 18.4 Å². The fourth-order valence-corrected chi connectivity index (χ4v) is 3.60. The van der Waals surface area contributed by atoms with E-state index in [4.69, 9.17) is 0 Å². The molecule has 8 heteroatoms. The molecule has 1 saturated heterocycles. The standard InChI is InChI=1S/C15H20F2N2O3S/c1-23(21,22)19-6-2-3-12(10-19)15(20)18-5-4-11-7-13(16)9-14(17)8-11/h7-9,12H,2-6,10H2,1H3,(H,18,20). The normalized spacial score (nSPS) is 19.5. The third-order valence-corrected chi connectivity index (χ3v) is 5.13. The summed E-state index contributed by atoms with van der Waals surface area (Å²) in [5.41, 5.74) is 0.462. The predicted molar refractivity (Wildman–Crippen MR) is 82.2 cm³/mol. The molecule has 2 rings (SSSR count). The Bertz CT molecular complexity index is 659. The van der Waals surface area contributed by atoms with E-state index in [2.05, 4.69) is 5.32 Å². The first-order valence-electron chi connectivity index (χ1n) is 7.43. The topological polar surface area (TPSA) is 66.5 Å². The number of hydrogen-bond donors (Lipinski definition) is 1. The van der Waals surface area contributed by atoms with Gasteiger partial charge in [0.15, 0.2) is 0 Å². The van der Waals surface area contributed by atoms with Gasteiger partial charge in [-0.15, -0.1) is 0 Å². The monoisotopic (exact) mass is 346 g/mol. The van der Waals surface area contributed by atoms with E-state index < -0.39 is 21.7 Å². The van der Waals surface area contributed by atoms with Gasteiger partial charge in [0.05, 0.1) is 12.2 Å². The summed E-state index contributed by atoms with van der Waals surface area (Å²) in [6.45, 7) is 0.863. The molecule has 0 radical (unpaired) electrons. The summed E-state index contributed by atoms with van der Waals surface area (Å²) in [6, 6.07) is 3.24. The Hall–Kier alpha value is -1.54. The Labute approximate surface area is 134 Å². The lowest BCUT2D eigenvalue weighted by Gasteiger charge is -2.30. The summed E-state index contributed by atoms with van der Waals surface area (Å²) in [7, 11) is -3.30. The maximum atomic E-state index is 13.1. The summed E-state index contributed by atoms with van der Waals surface area (Å²) in [4.78, 5) is 12.1. The van der Waals surface area contributed by atoms with Crippen molar-refractivity contribution in [2.24, 2.45) is 5.92 Å². The van der Waals surface area contributed by atoms with Crippen molar-refractivity contribution >= 4 is 15.9 Å². The number of halogens is 2. The van der Waals surface area contributed by atoms with Gasteiger partial charge < -0.3 is 5.32 Å². The fourth-order valence-electron chi connectivity index (χ4n) is 2.69. The van der Waals surface area contributed by atoms with Crippen molar-refractivity contribution in [1.29, 1.82) is 0 Å². The second kappa shape index (κ2) is 7.35. The van der Waals surface area contributed by atoms with E-state index in [0.29, 0.717) is 31.4 Å². The van der Waals surface area contributed by atoms with E-state index >= 15 is 0 Å². The summed E-state index contributed by atoms with van der Waals surface area (Å²) in [5, 5.41) is 2.71. The van der Waals surface area contributed by atoms with Crippen LogP contribution >= 0.6 is 0 Å². The van der Waals surface area contributed by atoms with Crippen molar-refractivity contribution in [2.75, 3.05) is 25.9 Å². The lowest BCUT2D eigenvalue weighted by molar-refractivity contribution is -0.126. The zero-order valence-electron chi connectivity index (χ0n) is 12.9. The molecule has 0 bridgehead atoms. The smallest absolute Gasteiger partial charge is 0.224 e. The van der Waals surface area contributed by atoms with Crippen molar-refractivity contribution in [1.82, 2.24) is 9.62 Å². The zero-order chi connectivity index (χ0) is 17.0. The van der Waals surface area contributed by atoms with Gasteiger partial charge in [-0.05, 0) is 37.0 Å². The molecule has 1 aromatic rings. The number of benzene rings is 1. The molecule has 1 unspecified atom stereocenters. The van der Waals surface area contributed by atoms with Gasteiger partial charge in [0, 0.05) is 25.7 Å². The van der Waals surface area contributed by atoms with Crippen LogP contribution in [0.25, 0.3) is 0 Å². The number of hydrogen-bond acceptors (Lipinski definition) is 3. The SMILES string of the molecule is CS(=O)(=O)N1CCCC(C(=O)NCCc2cc(F)cc(F)c2)C1. The van der Waals surface area contributed by atoms with E-state index in [1.165, 1.54) is 16.4 Å². The quantitative estimate of drug-likeness (QED) is 0.874. The van der Waals surface area contributed by atoms with E-state index in [-0.39, 0.29) is 24.9 Å². The number of carbonyl (C=O) groups excluding carboxylic acids is 1. The first-order valence-corrected chi connectivity index (χ1v) is 9.28. The lowest BCUT2D eigenvalue weighted by Crippen LogP contribution is -2.45. The van der Waals surface area contributed by atoms with Crippen molar-refractivity contribution in [2.45, 2.75) is 19.3 Å². The highest BCUT2D eigenvalue weighted by atomic mass is 32.2. The summed E-state index contributed by atoms with van der Waals surface area (Å²) in [6.07, 6.45) is 2.71. The molecule has 1 heterocycles. The van der Waals surface area contributed by atoms with Crippen LogP contribution in [0.3, 0.4) is 0 Å². The molecule has 23 heavy (non-hydrogen) atoms. The predicted octanol–water partition coefficient (Wildman–Crippen LogP) is 1.30. The van der Waals surface area contributed by atoms with Crippen molar-refractivity contribution in [3.63, 3.8) is 0 Å². The molecule has 0 aromatic heterocycles. The highest BCUT2D eigenvalue weighted by Crippen LogP contribution is 2.18. The Morgan fingerprint density at radius 2 is 1.96 bits per heavy atom. The molecular formula is C15H20F2N2O3S. The molecule has 1 fully saturated rings. The molecule has 5 nitrogen and oxygen atoms in total. The minimum absolute atomic E-state index is 0.180. The molecule has 128 valence electrons. The second-order valence-electron chi connectivity index (χ2n) is 5.78. The minimum Gasteiger partial charge on any atom is -0.355 e. The van der Waals surface area contributed by atoms with Crippen molar-refractivity contribution < 1.29 is 22.0 Å². The summed E-state index contributed by atoms with van der Waals surface area (Å²) in [5.74, 6) is -1.91. The Morgan fingerprint density at radius 1 is 1.30 bits per heavy atom. The number of sulfonamides is 1. The highest BCUT2D eigenvalue weighted by molar-refractivity contribution is 7.88. The van der Waals surface area contributed by atoms with Crippen molar-refractivity contribution in [3.05, 3.63) is 35.4 Å². The van der Waals surface area contributed by atoms with Crippen LogP contribution in [0.4, 0.5) is 8.78 Å². The summed E-state index contributed by atoms with van der Waals surface area (Å²) >= 11 is 0. The third kappa shape index (κ3) is 5.24.